The van der Waals surface area contributed by atoms with E-state index < -0.39 is 0 Å². The molecule has 146 valence electrons. The van der Waals surface area contributed by atoms with Crippen LogP contribution in [0.4, 0.5) is 0 Å². The van der Waals surface area contributed by atoms with E-state index in [0.717, 1.165) is 31.4 Å². The molecule has 1 aliphatic rings. The third-order valence-electron chi connectivity index (χ3n) is 4.79. The average Bonchev–Trinajstić information content (AvgIpc) is 2.65. The SMILES string of the molecule is CCCOc1ccc(C(=O)CCC(=O)NC2CCCCC2CN)cc1.Cl. The van der Waals surface area contributed by atoms with Gasteiger partial charge in [0.15, 0.2) is 5.78 Å². The monoisotopic (exact) mass is 382 g/mol. The number of hydrogen-bond acceptors (Lipinski definition) is 4. The molecule has 0 radical (unpaired) electrons. The summed E-state index contributed by atoms with van der Waals surface area (Å²) in [6.07, 6.45) is 5.77. The van der Waals surface area contributed by atoms with E-state index in [2.05, 4.69) is 5.32 Å². The summed E-state index contributed by atoms with van der Waals surface area (Å²) >= 11 is 0. The lowest BCUT2D eigenvalue weighted by Gasteiger charge is -2.31. The first-order valence-electron chi connectivity index (χ1n) is 9.39. The van der Waals surface area contributed by atoms with Gasteiger partial charge in [-0.3, -0.25) is 9.59 Å². The Hall–Kier alpha value is -1.59. The summed E-state index contributed by atoms with van der Waals surface area (Å²) in [5.41, 5.74) is 6.41. The molecule has 3 N–H and O–H groups in total. The van der Waals surface area contributed by atoms with Crippen LogP contribution in [0.3, 0.4) is 0 Å². The molecule has 26 heavy (non-hydrogen) atoms. The van der Waals surface area contributed by atoms with Crippen molar-refractivity contribution in [2.45, 2.75) is 57.9 Å². The standard InChI is InChI=1S/C20H30N2O3.ClH/c1-2-13-25-17-9-7-15(8-10-17)19(23)11-12-20(24)22-18-6-4-3-5-16(18)14-21;/h7-10,16,18H,2-6,11-14,21H2,1H3,(H,22,24);1H. The van der Waals surface area contributed by atoms with Crippen LogP contribution in [0.5, 0.6) is 5.75 Å². The third kappa shape index (κ3) is 6.96. The van der Waals surface area contributed by atoms with Crippen molar-refractivity contribution in [1.82, 2.24) is 5.32 Å². The molecule has 1 amide bonds. The minimum atomic E-state index is -0.0541. The van der Waals surface area contributed by atoms with Gasteiger partial charge >= 0.3 is 0 Å². The summed E-state index contributed by atoms with van der Waals surface area (Å²) in [7, 11) is 0. The number of hydrogen-bond donors (Lipinski definition) is 2. The molecule has 1 aromatic rings. The van der Waals surface area contributed by atoms with E-state index in [0.29, 0.717) is 24.6 Å². The number of Topliss-reactive ketones (excluding diaryl/α,β-unsaturated/α-hetero) is 1. The summed E-state index contributed by atoms with van der Waals surface area (Å²) in [6, 6.07) is 7.29. The molecule has 2 unspecified atom stereocenters. The fourth-order valence-corrected chi connectivity index (χ4v) is 3.29. The number of nitrogens with two attached hydrogens (primary N) is 1. The number of halogens is 1. The Morgan fingerprint density at radius 1 is 1.15 bits per heavy atom. The highest BCUT2D eigenvalue weighted by Crippen LogP contribution is 2.23. The van der Waals surface area contributed by atoms with Crippen LogP contribution >= 0.6 is 12.4 Å². The lowest BCUT2D eigenvalue weighted by molar-refractivity contribution is -0.122. The molecule has 5 nitrogen and oxygen atoms in total. The van der Waals surface area contributed by atoms with Gasteiger partial charge in [0.05, 0.1) is 6.61 Å². The van der Waals surface area contributed by atoms with Crippen molar-refractivity contribution in [3.8, 4) is 5.75 Å². The minimum Gasteiger partial charge on any atom is -0.494 e. The second-order valence-corrected chi connectivity index (χ2v) is 6.75. The van der Waals surface area contributed by atoms with Gasteiger partial charge in [-0.1, -0.05) is 19.8 Å². The van der Waals surface area contributed by atoms with Crippen molar-refractivity contribution >= 4 is 24.1 Å². The Morgan fingerprint density at radius 3 is 2.50 bits per heavy atom. The van der Waals surface area contributed by atoms with E-state index >= 15 is 0 Å². The Bertz CT molecular complexity index is 563. The average molecular weight is 383 g/mol. The summed E-state index contributed by atoms with van der Waals surface area (Å²) in [5.74, 6) is 1.06. The quantitative estimate of drug-likeness (QED) is 0.640. The van der Waals surface area contributed by atoms with Crippen molar-refractivity contribution in [1.29, 1.82) is 0 Å². The van der Waals surface area contributed by atoms with E-state index in [1.807, 2.05) is 6.92 Å². The Balaban J connectivity index is 0.00000338. The zero-order valence-electron chi connectivity index (χ0n) is 15.5. The molecule has 1 aliphatic carbocycles. The molecule has 0 heterocycles. The van der Waals surface area contributed by atoms with Crippen LogP contribution in [0.1, 0.15) is 62.2 Å². The van der Waals surface area contributed by atoms with Crippen LogP contribution in [0, 0.1) is 5.92 Å². The molecular formula is C20H31ClN2O3. The Kier molecular flexibility index (Phi) is 10.3. The lowest BCUT2D eigenvalue weighted by atomic mass is 9.84. The zero-order chi connectivity index (χ0) is 18.1. The number of carbonyl (C=O) groups is 2. The molecule has 0 saturated heterocycles. The Morgan fingerprint density at radius 2 is 1.85 bits per heavy atom. The van der Waals surface area contributed by atoms with Crippen molar-refractivity contribution in [3.63, 3.8) is 0 Å². The highest BCUT2D eigenvalue weighted by Gasteiger charge is 2.25. The number of carbonyl (C=O) groups excluding carboxylic acids is 2. The summed E-state index contributed by atoms with van der Waals surface area (Å²) in [5, 5.41) is 3.07. The van der Waals surface area contributed by atoms with Crippen molar-refractivity contribution in [2.24, 2.45) is 11.7 Å². The van der Waals surface area contributed by atoms with Crippen LogP contribution in [0.15, 0.2) is 24.3 Å². The van der Waals surface area contributed by atoms with Gasteiger partial charge in [-0.05, 0) is 56.0 Å². The van der Waals surface area contributed by atoms with Crippen LogP contribution in [0.25, 0.3) is 0 Å². The molecule has 1 saturated carbocycles. The van der Waals surface area contributed by atoms with Crippen molar-refractivity contribution in [2.75, 3.05) is 13.2 Å². The first-order valence-corrected chi connectivity index (χ1v) is 9.39. The smallest absolute Gasteiger partial charge is 0.220 e. The highest BCUT2D eigenvalue weighted by molar-refractivity contribution is 5.98. The largest absolute Gasteiger partial charge is 0.494 e. The number of ketones is 1. The molecular weight excluding hydrogens is 352 g/mol. The zero-order valence-corrected chi connectivity index (χ0v) is 16.4. The van der Waals surface area contributed by atoms with Gasteiger partial charge in [0.25, 0.3) is 0 Å². The van der Waals surface area contributed by atoms with Crippen LogP contribution in [-0.4, -0.2) is 30.9 Å². The maximum atomic E-state index is 12.2. The fraction of sp³-hybridized carbons (Fsp3) is 0.600. The molecule has 0 aromatic heterocycles. The van der Waals surface area contributed by atoms with E-state index in [9.17, 15) is 9.59 Å². The molecule has 1 fully saturated rings. The number of benzene rings is 1. The second kappa shape index (κ2) is 11.9. The van der Waals surface area contributed by atoms with Crippen molar-refractivity contribution in [3.05, 3.63) is 29.8 Å². The van der Waals surface area contributed by atoms with Gasteiger partial charge < -0.3 is 15.8 Å². The van der Waals surface area contributed by atoms with E-state index in [-0.39, 0.29) is 43.0 Å². The molecule has 6 heteroatoms. The predicted octanol–water partition coefficient (Wildman–Crippen LogP) is 3.49. The molecule has 0 bridgehead atoms. The normalized spacial score (nSPS) is 19.3. The van der Waals surface area contributed by atoms with E-state index in [1.165, 1.54) is 6.42 Å². The fourth-order valence-electron chi connectivity index (χ4n) is 3.29. The van der Waals surface area contributed by atoms with E-state index in [4.69, 9.17) is 10.5 Å². The Labute approximate surface area is 162 Å². The topological polar surface area (TPSA) is 81.4 Å². The highest BCUT2D eigenvalue weighted by atomic mass is 35.5. The number of rotatable bonds is 9. The third-order valence-corrected chi connectivity index (χ3v) is 4.79. The van der Waals surface area contributed by atoms with Gasteiger partial charge in [0.1, 0.15) is 5.75 Å². The lowest BCUT2D eigenvalue weighted by Crippen LogP contribution is -2.44. The summed E-state index contributed by atoms with van der Waals surface area (Å²) < 4.78 is 5.51. The first-order chi connectivity index (χ1) is 12.1. The minimum absolute atomic E-state index is 0. The molecule has 2 atom stereocenters. The van der Waals surface area contributed by atoms with Crippen LogP contribution in [0.2, 0.25) is 0 Å². The van der Waals surface area contributed by atoms with Gasteiger partial charge in [0, 0.05) is 24.4 Å². The van der Waals surface area contributed by atoms with Crippen molar-refractivity contribution < 1.29 is 14.3 Å². The maximum Gasteiger partial charge on any atom is 0.220 e. The maximum absolute atomic E-state index is 12.2. The van der Waals surface area contributed by atoms with Gasteiger partial charge in [-0.15, -0.1) is 12.4 Å². The van der Waals surface area contributed by atoms with Gasteiger partial charge in [0.2, 0.25) is 5.91 Å². The van der Waals surface area contributed by atoms with Crippen LogP contribution in [-0.2, 0) is 4.79 Å². The summed E-state index contributed by atoms with van der Waals surface area (Å²) in [6.45, 7) is 3.32. The van der Waals surface area contributed by atoms with Gasteiger partial charge in [-0.2, -0.15) is 0 Å². The molecule has 0 aliphatic heterocycles. The number of ether oxygens (including phenoxy) is 1. The number of nitrogens with one attached hydrogen (secondary N) is 1. The number of amides is 1. The first kappa shape index (κ1) is 22.5. The molecule has 0 spiro atoms. The van der Waals surface area contributed by atoms with Gasteiger partial charge in [-0.25, -0.2) is 0 Å². The second-order valence-electron chi connectivity index (χ2n) is 6.75. The molecule has 1 aromatic carbocycles. The molecule has 2 rings (SSSR count). The summed E-state index contributed by atoms with van der Waals surface area (Å²) in [4.78, 5) is 24.4. The predicted molar refractivity (Wildman–Crippen MR) is 106 cm³/mol. The van der Waals surface area contributed by atoms with Crippen LogP contribution < -0.4 is 15.8 Å². The van der Waals surface area contributed by atoms with E-state index in [1.54, 1.807) is 24.3 Å².